The molecule has 0 amide bonds. The number of aliphatic hydroxyl groups excluding tert-OH is 2. The molecule has 0 aliphatic carbocycles. The molecule has 1 aromatic rings. The largest absolute Gasteiger partial charge is 0.394 e. The van der Waals surface area contributed by atoms with Crippen LogP contribution in [0.15, 0.2) is 30.0 Å². The number of ether oxygens (including phenoxy) is 2. The van der Waals surface area contributed by atoms with Crippen LogP contribution in [0.3, 0.4) is 0 Å². The van der Waals surface area contributed by atoms with Crippen LogP contribution in [0.25, 0.3) is 0 Å². The standard InChI is InChI=1S/C8Br4O3.C4H2O3.C3H8O2/c9-3-1-2(8(14)15-7(1)13)4(10)6(12)5(3)11;5-3-1-2-4(6)7-3;1-3(5)2-4/h;1-2H;3-5H,2H2,1H3. The lowest BCUT2D eigenvalue weighted by Gasteiger charge is -2.06. The molecule has 146 valence electrons. The second-order valence-corrected chi connectivity index (χ2v) is 7.96. The number of hydrogen-bond acceptors (Lipinski definition) is 8. The van der Waals surface area contributed by atoms with Gasteiger partial charge in [0.15, 0.2) is 0 Å². The Morgan fingerprint density at radius 1 is 0.815 bits per heavy atom. The normalized spacial score (nSPS) is 15.2. The smallest absolute Gasteiger partial charge is 0.348 e. The van der Waals surface area contributed by atoms with Crippen LogP contribution in [0.4, 0.5) is 0 Å². The van der Waals surface area contributed by atoms with E-state index in [1.165, 1.54) is 6.92 Å². The molecule has 3 rings (SSSR count). The van der Waals surface area contributed by atoms with E-state index in [-0.39, 0.29) is 17.7 Å². The quantitative estimate of drug-likeness (QED) is 0.208. The molecule has 0 bridgehead atoms. The molecule has 0 fully saturated rings. The van der Waals surface area contributed by atoms with E-state index >= 15 is 0 Å². The number of benzene rings is 1. The number of hydrogen-bond donors (Lipinski definition) is 2. The Kier molecular flexibility index (Phi) is 9.45. The Morgan fingerprint density at radius 3 is 1.37 bits per heavy atom. The maximum atomic E-state index is 11.4. The highest BCUT2D eigenvalue weighted by Gasteiger charge is 2.36. The number of rotatable bonds is 1. The number of carbonyl (C=O) groups excluding carboxylic acids is 4. The van der Waals surface area contributed by atoms with E-state index in [0.29, 0.717) is 17.9 Å². The molecule has 0 saturated carbocycles. The zero-order valence-corrected chi connectivity index (χ0v) is 19.6. The fraction of sp³-hybridized carbons (Fsp3) is 0.200. The highest BCUT2D eigenvalue weighted by molar-refractivity contribution is 9.15. The minimum atomic E-state index is -0.643. The average Bonchev–Trinajstić information content (AvgIpc) is 3.13. The van der Waals surface area contributed by atoms with Crippen LogP contribution in [0, 0.1) is 0 Å². The first-order valence-electron chi connectivity index (χ1n) is 6.86. The first-order valence-corrected chi connectivity index (χ1v) is 10.0. The summed E-state index contributed by atoms with van der Waals surface area (Å²) < 4.78 is 10.8. The average molecular weight is 638 g/mol. The number of halogens is 4. The molecule has 1 atom stereocenters. The third-order valence-corrected chi connectivity index (χ3v) is 7.45. The van der Waals surface area contributed by atoms with Gasteiger partial charge in [-0.05, 0) is 70.6 Å². The van der Waals surface area contributed by atoms with Crippen molar-refractivity contribution in [2.75, 3.05) is 6.61 Å². The van der Waals surface area contributed by atoms with Crippen LogP contribution in [0.2, 0.25) is 0 Å². The first kappa shape index (κ1) is 24.1. The van der Waals surface area contributed by atoms with Crippen molar-refractivity contribution in [1.29, 1.82) is 0 Å². The second-order valence-electron chi connectivity index (χ2n) is 4.79. The summed E-state index contributed by atoms with van der Waals surface area (Å²) in [6.45, 7) is 1.39. The van der Waals surface area contributed by atoms with Crippen LogP contribution in [-0.4, -0.2) is 46.8 Å². The summed E-state index contributed by atoms with van der Waals surface area (Å²) >= 11 is 13.0. The maximum Gasteiger partial charge on any atom is 0.348 e. The predicted molar refractivity (Wildman–Crippen MR) is 106 cm³/mol. The van der Waals surface area contributed by atoms with Crippen LogP contribution in [-0.2, 0) is 19.1 Å². The molecule has 8 nitrogen and oxygen atoms in total. The van der Waals surface area contributed by atoms with Crippen LogP contribution in [0.5, 0.6) is 0 Å². The minimum Gasteiger partial charge on any atom is -0.394 e. The van der Waals surface area contributed by atoms with E-state index in [1.807, 2.05) is 0 Å². The molecular weight excluding hydrogens is 628 g/mol. The van der Waals surface area contributed by atoms with Crippen LogP contribution >= 0.6 is 63.7 Å². The Morgan fingerprint density at radius 2 is 1.15 bits per heavy atom. The number of esters is 4. The number of aliphatic hydroxyl groups is 2. The summed E-state index contributed by atoms with van der Waals surface area (Å²) in [5, 5.41) is 16.0. The lowest BCUT2D eigenvalue weighted by atomic mass is 10.1. The fourth-order valence-corrected chi connectivity index (χ4v) is 3.95. The molecule has 1 unspecified atom stereocenters. The summed E-state index contributed by atoms with van der Waals surface area (Å²) in [6.07, 6.45) is 1.61. The Bertz CT molecular complexity index is 771. The van der Waals surface area contributed by atoms with Crippen molar-refractivity contribution in [3.8, 4) is 0 Å². The van der Waals surface area contributed by atoms with E-state index in [1.54, 1.807) is 0 Å². The van der Waals surface area contributed by atoms with E-state index in [9.17, 15) is 19.2 Å². The Hall–Kier alpha value is -0.920. The van der Waals surface area contributed by atoms with Crippen molar-refractivity contribution >= 4 is 87.6 Å². The topological polar surface area (TPSA) is 127 Å². The molecule has 0 radical (unpaired) electrons. The highest BCUT2D eigenvalue weighted by Crippen LogP contribution is 2.44. The number of fused-ring (bicyclic) bond motifs is 1. The lowest BCUT2D eigenvalue weighted by molar-refractivity contribution is -0.150. The molecule has 0 aromatic heterocycles. The maximum absolute atomic E-state index is 11.4. The van der Waals surface area contributed by atoms with Crippen LogP contribution in [0.1, 0.15) is 27.6 Å². The van der Waals surface area contributed by atoms with Crippen molar-refractivity contribution in [1.82, 2.24) is 0 Å². The van der Waals surface area contributed by atoms with E-state index in [0.717, 1.165) is 12.2 Å². The second kappa shape index (κ2) is 10.6. The van der Waals surface area contributed by atoms with Gasteiger partial charge in [0.1, 0.15) is 0 Å². The first-order chi connectivity index (χ1) is 12.5. The molecule has 12 heteroatoms. The van der Waals surface area contributed by atoms with Gasteiger partial charge in [0, 0.05) is 30.0 Å². The van der Waals surface area contributed by atoms with E-state index in [2.05, 4.69) is 73.2 Å². The van der Waals surface area contributed by atoms with Crippen molar-refractivity contribution in [3.63, 3.8) is 0 Å². The van der Waals surface area contributed by atoms with Crippen molar-refractivity contribution in [2.45, 2.75) is 13.0 Å². The third-order valence-electron chi connectivity index (χ3n) is 2.68. The number of carbonyl (C=O) groups is 4. The summed E-state index contributed by atoms with van der Waals surface area (Å²) in [6, 6.07) is 0. The summed E-state index contributed by atoms with van der Waals surface area (Å²) in [4.78, 5) is 42.6. The van der Waals surface area contributed by atoms with Gasteiger partial charge in [0.25, 0.3) is 0 Å². The van der Waals surface area contributed by atoms with Crippen molar-refractivity contribution in [2.24, 2.45) is 0 Å². The summed E-state index contributed by atoms with van der Waals surface area (Å²) in [7, 11) is 0. The van der Waals surface area contributed by atoms with Gasteiger partial charge >= 0.3 is 23.9 Å². The zero-order chi connectivity index (χ0) is 20.9. The molecular formula is C15H10Br4O8. The van der Waals surface area contributed by atoms with Crippen molar-refractivity contribution < 1.29 is 38.9 Å². The van der Waals surface area contributed by atoms with Gasteiger partial charge in [-0.15, -0.1) is 0 Å². The predicted octanol–water partition coefficient (Wildman–Crippen LogP) is 3.03. The zero-order valence-electron chi connectivity index (χ0n) is 13.3. The lowest BCUT2D eigenvalue weighted by Crippen LogP contribution is -2.03. The van der Waals surface area contributed by atoms with Gasteiger partial charge in [0.2, 0.25) is 0 Å². The fourth-order valence-electron chi connectivity index (χ4n) is 1.50. The number of cyclic esters (lactones) is 4. The van der Waals surface area contributed by atoms with Gasteiger partial charge in [-0.2, -0.15) is 0 Å². The SMILES string of the molecule is CC(O)CO.O=C1C=CC(=O)O1.O=C1OC(=O)c2c(Br)c(Br)c(Br)c(Br)c21. The van der Waals surface area contributed by atoms with E-state index in [4.69, 9.17) is 10.2 Å². The Balaban J connectivity index is 0.000000252. The van der Waals surface area contributed by atoms with Gasteiger partial charge in [-0.1, -0.05) is 0 Å². The van der Waals surface area contributed by atoms with Crippen molar-refractivity contribution in [3.05, 3.63) is 41.2 Å². The molecule has 1 aromatic carbocycles. The van der Waals surface area contributed by atoms with Gasteiger partial charge in [0.05, 0.1) is 23.8 Å². The van der Waals surface area contributed by atoms with Gasteiger partial charge in [-0.3, -0.25) is 0 Å². The molecule has 27 heavy (non-hydrogen) atoms. The van der Waals surface area contributed by atoms with Gasteiger partial charge in [-0.25, -0.2) is 19.2 Å². The van der Waals surface area contributed by atoms with Crippen LogP contribution < -0.4 is 0 Å². The monoisotopic (exact) mass is 634 g/mol. The third kappa shape index (κ3) is 6.29. The molecule has 2 N–H and O–H groups in total. The molecule has 0 spiro atoms. The highest BCUT2D eigenvalue weighted by atomic mass is 79.9. The minimum absolute atomic E-state index is 0.139. The summed E-state index contributed by atoms with van der Waals surface area (Å²) in [5.41, 5.74) is 0.476. The Labute approximate surface area is 186 Å². The summed E-state index contributed by atoms with van der Waals surface area (Å²) in [5.74, 6) is -2.44. The van der Waals surface area contributed by atoms with Gasteiger partial charge < -0.3 is 19.7 Å². The molecule has 2 aliphatic rings. The molecule has 2 aliphatic heterocycles. The molecule has 0 saturated heterocycles. The van der Waals surface area contributed by atoms with E-state index < -0.39 is 30.0 Å². The molecule has 2 heterocycles.